The van der Waals surface area contributed by atoms with Crippen molar-refractivity contribution in [3.63, 3.8) is 0 Å². The lowest BCUT2D eigenvalue weighted by Gasteiger charge is -2.27. The number of halogens is 1. The van der Waals surface area contributed by atoms with Crippen LogP contribution in [0, 0.1) is 0 Å². The van der Waals surface area contributed by atoms with Gasteiger partial charge in [0.2, 0.25) is 0 Å². The van der Waals surface area contributed by atoms with Gasteiger partial charge in [0, 0.05) is 18.4 Å². The van der Waals surface area contributed by atoms with E-state index in [4.69, 9.17) is 21.0 Å². The minimum Gasteiger partial charge on any atom is -0.418 e. The second kappa shape index (κ2) is 7.23. The van der Waals surface area contributed by atoms with Crippen LogP contribution in [0.5, 0.6) is 0 Å². The number of nitrogens with zero attached hydrogens (tertiary/aromatic N) is 1. The van der Waals surface area contributed by atoms with Crippen molar-refractivity contribution in [3.8, 4) is 0 Å². The van der Waals surface area contributed by atoms with E-state index in [9.17, 15) is 0 Å². The van der Waals surface area contributed by atoms with Crippen LogP contribution < -0.4 is 0 Å². The van der Waals surface area contributed by atoms with Crippen LogP contribution in [0.4, 0.5) is 0 Å². The van der Waals surface area contributed by atoms with Gasteiger partial charge >= 0.3 is 0 Å². The molecule has 0 radical (unpaired) electrons. The molecule has 1 aliphatic carbocycles. The molecule has 0 aliphatic heterocycles. The van der Waals surface area contributed by atoms with Gasteiger partial charge in [-0.1, -0.05) is 19.3 Å². The molecule has 0 aromatic heterocycles. The number of hydrogen-bond donors (Lipinski definition) is 0. The van der Waals surface area contributed by atoms with E-state index in [-0.39, 0.29) is 4.87 Å². The van der Waals surface area contributed by atoms with Crippen LogP contribution in [-0.4, -0.2) is 31.6 Å². The summed E-state index contributed by atoms with van der Waals surface area (Å²) >= 11 is 6.64. The fraction of sp³-hybridized carbons (Fsp3) is 0.933. The first-order chi connectivity index (χ1) is 8.71. The first-order valence-corrected chi connectivity index (χ1v) is 11.4. The lowest BCUT2D eigenvalue weighted by atomic mass is 9.95. The Morgan fingerprint density at radius 2 is 1.84 bits per heavy atom. The highest BCUT2D eigenvalue weighted by Crippen LogP contribution is 2.26. The Morgan fingerprint density at radius 3 is 2.37 bits per heavy atom. The standard InChI is InChI=1S/C15H30ClNOSi/c1-13(17-14-9-7-6-8-10-14)15(2,16)11-12-18-19(3,4)5/h14H,6-12H2,1-5H3. The molecule has 2 nitrogen and oxygen atoms in total. The molecule has 1 saturated carbocycles. The molecule has 1 unspecified atom stereocenters. The van der Waals surface area contributed by atoms with Crippen molar-refractivity contribution in [2.75, 3.05) is 6.61 Å². The maximum Gasteiger partial charge on any atom is 0.183 e. The van der Waals surface area contributed by atoms with Crippen molar-refractivity contribution >= 4 is 25.6 Å². The molecule has 1 aliphatic rings. The Morgan fingerprint density at radius 1 is 1.26 bits per heavy atom. The van der Waals surface area contributed by atoms with Crippen LogP contribution in [0.2, 0.25) is 19.6 Å². The molecule has 4 heteroatoms. The van der Waals surface area contributed by atoms with Gasteiger partial charge in [-0.3, -0.25) is 4.99 Å². The quantitative estimate of drug-likeness (QED) is 0.383. The van der Waals surface area contributed by atoms with Gasteiger partial charge in [-0.15, -0.1) is 11.6 Å². The van der Waals surface area contributed by atoms with Crippen LogP contribution in [0.15, 0.2) is 4.99 Å². The second-order valence-corrected chi connectivity index (χ2v) is 12.3. The summed E-state index contributed by atoms with van der Waals surface area (Å²) in [6.45, 7) is 11.5. The van der Waals surface area contributed by atoms with Crippen LogP contribution >= 0.6 is 11.6 Å². The van der Waals surface area contributed by atoms with E-state index in [1.807, 2.05) is 0 Å². The third kappa shape index (κ3) is 6.91. The van der Waals surface area contributed by atoms with Crippen molar-refractivity contribution in [2.24, 2.45) is 4.99 Å². The number of rotatable bonds is 6. The number of aliphatic imine (C=N–C) groups is 1. The zero-order valence-electron chi connectivity index (χ0n) is 13.3. The molecule has 1 fully saturated rings. The molecule has 0 aromatic carbocycles. The average molecular weight is 304 g/mol. The van der Waals surface area contributed by atoms with Crippen molar-refractivity contribution in [2.45, 2.75) is 82.9 Å². The molecule has 0 aromatic rings. The Labute approximate surface area is 125 Å². The first-order valence-electron chi connectivity index (χ1n) is 7.58. The predicted molar refractivity (Wildman–Crippen MR) is 88.2 cm³/mol. The average Bonchev–Trinajstić information content (AvgIpc) is 2.28. The minimum atomic E-state index is -1.43. The SMILES string of the molecule is CC(=NC1CCCCC1)C(C)(Cl)CCO[Si](C)(C)C. The topological polar surface area (TPSA) is 21.6 Å². The summed E-state index contributed by atoms with van der Waals surface area (Å²) in [6, 6.07) is 0.504. The van der Waals surface area contributed by atoms with Gasteiger partial charge in [0.15, 0.2) is 8.32 Å². The number of alkyl halides is 1. The normalized spacial score (nSPS) is 22.3. The van der Waals surface area contributed by atoms with Gasteiger partial charge in [0.1, 0.15) is 0 Å². The summed E-state index contributed by atoms with van der Waals surface area (Å²) in [4.78, 5) is 4.51. The lowest BCUT2D eigenvalue weighted by molar-refractivity contribution is 0.297. The van der Waals surface area contributed by atoms with E-state index in [2.05, 4.69) is 33.5 Å². The fourth-order valence-electron chi connectivity index (χ4n) is 2.35. The summed E-state index contributed by atoms with van der Waals surface area (Å²) < 4.78 is 5.90. The van der Waals surface area contributed by atoms with E-state index in [0.29, 0.717) is 6.04 Å². The zero-order valence-corrected chi connectivity index (χ0v) is 15.0. The monoisotopic (exact) mass is 303 g/mol. The van der Waals surface area contributed by atoms with Crippen LogP contribution in [-0.2, 0) is 4.43 Å². The molecule has 0 N–H and O–H groups in total. The van der Waals surface area contributed by atoms with Crippen LogP contribution in [0.25, 0.3) is 0 Å². The van der Waals surface area contributed by atoms with Gasteiger partial charge < -0.3 is 4.43 Å². The maximum absolute atomic E-state index is 6.64. The lowest BCUT2D eigenvalue weighted by Crippen LogP contribution is -2.33. The van der Waals surface area contributed by atoms with Gasteiger partial charge in [-0.2, -0.15) is 0 Å². The predicted octanol–water partition coefficient (Wildman–Crippen LogP) is 5.02. The zero-order chi connectivity index (χ0) is 14.5. The molecule has 0 amide bonds. The Kier molecular flexibility index (Phi) is 6.54. The van der Waals surface area contributed by atoms with Crippen LogP contribution in [0.1, 0.15) is 52.4 Å². The second-order valence-electron chi connectivity index (χ2n) is 6.91. The van der Waals surface area contributed by atoms with Gasteiger partial charge in [0.05, 0.1) is 4.87 Å². The third-order valence-corrected chi connectivity index (χ3v) is 5.34. The Hall–Kier alpha value is 0.137. The Bertz CT molecular complexity index is 304. The highest BCUT2D eigenvalue weighted by molar-refractivity contribution is 6.69. The smallest absolute Gasteiger partial charge is 0.183 e. The number of hydrogen-bond acceptors (Lipinski definition) is 2. The molecule has 0 bridgehead atoms. The van der Waals surface area contributed by atoms with Crippen LogP contribution in [0.3, 0.4) is 0 Å². The van der Waals surface area contributed by atoms with Crippen molar-refractivity contribution in [3.05, 3.63) is 0 Å². The Balaban J connectivity index is 2.47. The largest absolute Gasteiger partial charge is 0.418 e. The highest BCUT2D eigenvalue weighted by Gasteiger charge is 2.27. The maximum atomic E-state index is 6.64. The fourth-order valence-corrected chi connectivity index (χ4v) is 3.19. The van der Waals surface area contributed by atoms with E-state index < -0.39 is 8.32 Å². The molecule has 0 saturated heterocycles. The summed E-state index contributed by atoms with van der Waals surface area (Å²) in [6.07, 6.45) is 7.32. The third-order valence-electron chi connectivity index (χ3n) is 3.81. The molecule has 1 atom stereocenters. The molecule has 1 rings (SSSR count). The molecule has 112 valence electrons. The van der Waals surface area contributed by atoms with Crippen molar-refractivity contribution < 1.29 is 4.43 Å². The van der Waals surface area contributed by atoms with Gasteiger partial charge in [0.25, 0.3) is 0 Å². The molecular weight excluding hydrogens is 274 g/mol. The van der Waals surface area contributed by atoms with Crippen molar-refractivity contribution in [1.29, 1.82) is 0 Å². The summed E-state index contributed by atoms with van der Waals surface area (Å²) in [7, 11) is -1.43. The van der Waals surface area contributed by atoms with E-state index in [1.54, 1.807) is 0 Å². The minimum absolute atomic E-state index is 0.350. The highest BCUT2D eigenvalue weighted by atomic mass is 35.5. The summed E-state index contributed by atoms with van der Waals surface area (Å²) in [5, 5.41) is 0. The van der Waals surface area contributed by atoms with E-state index in [0.717, 1.165) is 18.7 Å². The molecule has 0 heterocycles. The first kappa shape index (κ1) is 17.2. The van der Waals surface area contributed by atoms with Gasteiger partial charge in [-0.25, -0.2) is 0 Å². The van der Waals surface area contributed by atoms with E-state index >= 15 is 0 Å². The van der Waals surface area contributed by atoms with Crippen molar-refractivity contribution in [1.82, 2.24) is 0 Å². The summed E-state index contributed by atoms with van der Waals surface area (Å²) in [5.41, 5.74) is 1.08. The van der Waals surface area contributed by atoms with Gasteiger partial charge in [-0.05, 0) is 52.8 Å². The van der Waals surface area contributed by atoms with E-state index in [1.165, 1.54) is 32.1 Å². The molecule has 19 heavy (non-hydrogen) atoms. The molecular formula is C15H30ClNOSi. The molecule has 0 spiro atoms. The summed E-state index contributed by atoms with van der Waals surface area (Å²) in [5.74, 6) is 0.